The molecule has 1 heterocycles. The lowest BCUT2D eigenvalue weighted by atomic mass is 9.93. The molecule has 1 aromatic heterocycles. The van der Waals surface area contributed by atoms with Gasteiger partial charge in [0.25, 0.3) is 5.91 Å². The number of carbonyl (C=O) groups excluding carboxylic acids is 1. The lowest BCUT2D eigenvalue weighted by molar-refractivity contribution is 0.1000. The molecular formula is C12H17N3O2. The number of nitrogens with one attached hydrogen (secondary N) is 1. The quantitative estimate of drug-likeness (QED) is 0.726. The molecule has 1 fully saturated rings. The van der Waals surface area contributed by atoms with Gasteiger partial charge in [-0.25, -0.2) is 4.98 Å². The molecule has 1 aliphatic rings. The van der Waals surface area contributed by atoms with E-state index in [1.807, 2.05) is 0 Å². The van der Waals surface area contributed by atoms with Crippen LogP contribution in [-0.2, 0) is 0 Å². The summed E-state index contributed by atoms with van der Waals surface area (Å²) >= 11 is 0. The van der Waals surface area contributed by atoms with E-state index in [9.17, 15) is 9.90 Å². The number of primary amides is 1. The molecular weight excluding hydrogens is 218 g/mol. The number of pyridine rings is 1. The zero-order valence-corrected chi connectivity index (χ0v) is 9.60. The number of aliphatic hydroxyl groups excluding tert-OH is 1. The normalized spacial score (nSPS) is 24.3. The molecule has 0 bridgehead atoms. The number of hydrogen-bond donors (Lipinski definition) is 3. The highest BCUT2D eigenvalue weighted by atomic mass is 16.3. The maximum atomic E-state index is 11.2. The topological polar surface area (TPSA) is 88.2 Å². The first-order valence-electron chi connectivity index (χ1n) is 5.86. The Hall–Kier alpha value is -1.62. The third kappa shape index (κ3) is 2.94. The van der Waals surface area contributed by atoms with Crippen molar-refractivity contribution in [1.29, 1.82) is 0 Å². The van der Waals surface area contributed by atoms with Crippen molar-refractivity contribution < 1.29 is 9.90 Å². The van der Waals surface area contributed by atoms with Gasteiger partial charge in [0.15, 0.2) is 0 Å². The van der Waals surface area contributed by atoms with Gasteiger partial charge in [-0.05, 0) is 37.8 Å². The highest BCUT2D eigenvalue weighted by Crippen LogP contribution is 2.22. The molecule has 5 heteroatoms. The lowest BCUT2D eigenvalue weighted by Crippen LogP contribution is -2.29. The third-order valence-corrected chi connectivity index (χ3v) is 3.11. The predicted octanol–water partition coefficient (Wildman–Crippen LogP) is 0.896. The van der Waals surface area contributed by atoms with Crippen molar-refractivity contribution in [2.45, 2.75) is 37.8 Å². The van der Waals surface area contributed by atoms with Crippen molar-refractivity contribution in [2.75, 3.05) is 5.32 Å². The second kappa shape index (κ2) is 5.14. The molecule has 0 radical (unpaired) electrons. The van der Waals surface area contributed by atoms with Crippen LogP contribution in [0.3, 0.4) is 0 Å². The number of aliphatic hydroxyl groups is 1. The van der Waals surface area contributed by atoms with Crippen LogP contribution in [-0.4, -0.2) is 28.1 Å². The Morgan fingerprint density at radius 2 is 2.12 bits per heavy atom. The van der Waals surface area contributed by atoms with Gasteiger partial charge >= 0.3 is 0 Å². The van der Waals surface area contributed by atoms with Gasteiger partial charge in [-0.2, -0.15) is 0 Å². The summed E-state index contributed by atoms with van der Waals surface area (Å²) < 4.78 is 0. The fraction of sp³-hybridized carbons (Fsp3) is 0.500. The molecule has 1 saturated carbocycles. The van der Waals surface area contributed by atoms with E-state index in [0.717, 1.165) is 25.7 Å². The van der Waals surface area contributed by atoms with Crippen LogP contribution in [0.5, 0.6) is 0 Å². The zero-order chi connectivity index (χ0) is 12.3. The van der Waals surface area contributed by atoms with Crippen LogP contribution in [0.25, 0.3) is 0 Å². The van der Waals surface area contributed by atoms with Gasteiger partial charge in [-0.3, -0.25) is 4.79 Å². The van der Waals surface area contributed by atoms with E-state index >= 15 is 0 Å². The van der Waals surface area contributed by atoms with Gasteiger partial charge < -0.3 is 16.2 Å². The minimum absolute atomic E-state index is 0.188. The first kappa shape index (κ1) is 11.9. The fourth-order valence-corrected chi connectivity index (χ4v) is 2.13. The first-order chi connectivity index (χ1) is 8.16. The van der Waals surface area contributed by atoms with Crippen LogP contribution < -0.4 is 11.1 Å². The summed E-state index contributed by atoms with van der Waals surface area (Å²) in [6, 6.07) is 3.61. The average Bonchev–Trinajstić information content (AvgIpc) is 2.32. The summed E-state index contributed by atoms with van der Waals surface area (Å²) in [5.41, 5.74) is 5.70. The molecule has 0 aromatic carbocycles. The van der Waals surface area contributed by atoms with Crippen LogP contribution >= 0.6 is 0 Å². The number of nitrogens with zero attached hydrogens (tertiary/aromatic N) is 1. The highest BCUT2D eigenvalue weighted by Gasteiger charge is 2.20. The number of hydrogen-bond acceptors (Lipinski definition) is 4. The lowest BCUT2D eigenvalue weighted by Gasteiger charge is -2.27. The Labute approximate surface area is 100 Å². The van der Waals surface area contributed by atoms with E-state index in [1.54, 1.807) is 18.3 Å². The standard InChI is InChI=1S/C12H17N3O2/c13-11(17)10-2-1-7-14-12(10)15-8-3-5-9(16)6-4-8/h1-2,7-9,16H,3-6H2,(H2,13,17)(H,14,15). The Kier molecular flexibility index (Phi) is 3.58. The van der Waals surface area contributed by atoms with E-state index in [1.165, 1.54) is 0 Å². The number of nitrogens with two attached hydrogens (primary N) is 1. The second-order valence-corrected chi connectivity index (χ2v) is 4.41. The molecule has 17 heavy (non-hydrogen) atoms. The van der Waals surface area contributed by atoms with Crippen LogP contribution in [0, 0.1) is 0 Å². The molecule has 0 unspecified atom stereocenters. The van der Waals surface area contributed by atoms with E-state index in [2.05, 4.69) is 10.3 Å². The van der Waals surface area contributed by atoms with Crippen LogP contribution in [0.2, 0.25) is 0 Å². The van der Waals surface area contributed by atoms with Crippen molar-refractivity contribution in [3.05, 3.63) is 23.9 Å². The molecule has 4 N–H and O–H groups in total. The molecule has 92 valence electrons. The molecule has 1 aromatic rings. The fourth-order valence-electron chi connectivity index (χ4n) is 2.13. The van der Waals surface area contributed by atoms with Crippen LogP contribution in [0.15, 0.2) is 18.3 Å². The maximum Gasteiger partial charge on any atom is 0.252 e. The smallest absolute Gasteiger partial charge is 0.252 e. The molecule has 2 rings (SSSR count). The predicted molar refractivity (Wildman–Crippen MR) is 64.6 cm³/mol. The number of aromatic nitrogens is 1. The van der Waals surface area contributed by atoms with E-state index < -0.39 is 5.91 Å². The first-order valence-corrected chi connectivity index (χ1v) is 5.86. The van der Waals surface area contributed by atoms with Crippen molar-refractivity contribution >= 4 is 11.7 Å². The largest absolute Gasteiger partial charge is 0.393 e. The molecule has 1 aliphatic carbocycles. The van der Waals surface area contributed by atoms with E-state index in [4.69, 9.17) is 5.73 Å². The van der Waals surface area contributed by atoms with Crippen molar-refractivity contribution in [3.8, 4) is 0 Å². The summed E-state index contributed by atoms with van der Waals surface area (Å²) in [5.74, 6) is 0.0674. The minimum atomic E-state index is -0.476. The summed E-state index contributed by atoms with van der Waals surface area (Å²) in [6.45, 7) is 0. The van der Waals surface area contributed by atoms with Crippen molar-refractivity contribution in [1.82, 2.24) is 4.98 Å². The minimum Gasteiger partial charge on any atom is -0.393 e. The number of amides is 1. The number of carbonyl (C=O) groups is 1. The summed E-state index contributed by atoms with van der Waals surface area (Å²) in [5, 5.41) is 12.6. The molecule has 1 amide bonds. The van der Waals surface area contributed by atoms with Crippen molar-refractivity contribution in [2.24, 2.45) is 5.73 Å². The summed E-state index contributed by atoms with van der Waals surface area (Å²) in [7, 11) is 0. The maximum absolute atomic E-state index is 11.2. The monoisotopic (exact) mass is 235 g/mol. The van der Waals surface area contributed by atoms with E-state index in [0.29, 0.717) is 11.4 Å². The molecule has 0 spiro atoms. The summed E-state index contributed by atoms with van der Waals surface area (Å²) in [4.78, 5) is 15.4. The Morgan fingerprint density at radius 1 is 1.41 bits per heavy atom. The second-order valence-electron chi connectivity index (χ2n) is 4.41. The third-order valence-electron chi connectivity index (χ3n) is 3.11. The Balaban J connectivity index is 2.05. The van der Waals surface area contributed by atoms with Gasteiger partial charge in [0.2, 0.25) is 0 Å². The molecule has 0 saturated heterocycles. The zero-order valence-electron chi connectivity index (χ0n) is 9.60. The number of rotatable bonds is 3. The number of anilines is 1. The Morgan fingerprint density at radius 3 is 2.76 bits per heavy atom. The van der Waals surface area contributed by atoms with Gasteiger partial charge in [-0.1, -0.05) is 0 Å². The molecule has 5 nitrogen and oxygen atoms in total. The van der Waals surface area contributed by atoms with Crippen LogP contribution in [0.4, 0.5) is 5.82 Å². The summed E-state index contributed by atoms with van der Waals surface area (Å²) in [6.07, 6.45) is 4.79. The average molecular weight is 235 g/mol. The SMILES string of the molecule is NC(=O)c1cccnc1NC1CCC(O)CC1. The van der Waals surface area contributed by atoms with E-state index in [-0.39, 0.29) is 12.1 Å². The highest BCUT2D eigenvalue weighted by molar-refractivity contribution is 5.97. The van der Waals surface area contributed by atoms with Gasteiger partial charge in [0.1, 0.15) is 5.82 Å². The van der Waals surface area contributed by atoms with Crippen molar-refractivity contribution in [3.63, 3.8) is 0 Å². The molecule has 0 aliphatic heterocycles. The van der Waals surface area contributed by atoms with Gasteiger partial charge in [-0.15, -0.1) is 0 Å². The van der Waals surface area contributed by atoms with Gasteiger partial charge in [0.05, 0.1) is 11.7 Å². The van der Waals surface area contributed by atoms with Crippen LogP contribution in [0.1, 0.15) is 36.0 Å². The molecule has 0 atom stereocenters. The Bertz CT molecular complexity index is 400. The van der Waals surface area contributed by atoms with Gasteiger partial charge in [0, 0.05) is 12.2 Å².